The highest BCUT2D eigenvalue weighted by molar-refractivity contribution is 5.94. The second kappa shape index (κ2) is 5.97. The number of hydrogen-bond acceptors (Lipinski definition) is 4. The van der Waals surface area contributed by atoms with Crippen molar-refractivity contribution in [2.24, 2.45) is 0 Å². The Hall–Kier alpha value is -2.70. The summed E-state index contributed by atoms with van der Waals surface area (Å²) >= 11 is 0. The molecule has 1 amide bonds. The van der Waals surface area contributed by atoms with Crippen LogP contribution < -0.4 is 10.9 Å². The minimum absolute atomic E-state index is 0.0672. The van der Waals surface area contributed by atoms with Gasteiger partial charge in [-0.25, -0.2) is 4.98 Å². The highest BCUT2D eigenvalue weighted by Gasteiger charge is 2.24. The molecule has 116 valence electrons. The molecule has 22 heavy (non-hydrogen) atoms. The fourth-order valence-corrected chi connectivity index (χ4v) is 2.04. The van der Waals surface area contributed by atoms with E-state index in [1.807, 2.05) is 0 Å². The second-order valence-corrected chi connectivity index (χ2v) is 5.64. The zero-order valence-corrected chi connectivity index (χ0v) is 12.4. The number of rotatable bonds is 5. The van der Waals surface area contributed by atoms with E-state index >= 15 is 0 Å². The van der Waals surface area contributed by atoms with E-state index in [2.05, 4.69) is 10.3 Å². The number of aromatic nitrogens is 2. The summed E-state index contributed by atoms with van der Waals surface area (Å²) in [5, 5.41) is 11.4. The predicted octanol–water partition coefficient (Wildman–Crippen LogP) is 1.07. The van der Waals surface area contributed by atoms with Crippen LogP contribution in [0.25, 0.3) is 5.65 Å². The van der Waals surface area contributed by atoms with Gasteiger partial charge < -0.3 is 10.4 Å². The van der Waals surface area contributed by atoms with Crippen molar-refractivity contribution in [3.63, 3.8) is 0 Å². The number of aliphatic carboxylic acids is 1. The maximum Gasteiger partial charge on any atom is 0.303 e. The number of fused-ring (bicyclic) bond motifs is 1. The SMILES string of the molecule is CC(C)(CCC(=O)O)NC(=O)c1cnc2ccccn2c1=O. The molecule has 2 heterocycles. The van der Waals surface area contributed by atoms with E-state index in [1.54, 1.807) is 32.0 Å². The predicted molar refractivity (Wildman–Crippen MR) is 79.9 cm³/mol. The molecular weight excluding hydrogens is 286 g/mol. The molecule has 0 saturated heterocycles. The molecule has 7 nitrogen and oxygen atoms in total. The van der Waals surface area contributed by atoms with E-state index in [0.717, 1.165) is 0 Å². The number of hydrogen-bond donors (Lipinski definition) is 2. The van der Waals surface area contributed by atoms with Crippen LogP contribution in [0.2, 0.25) is 0 Å². The van der Waals surface area contributed by atoms with Gasteiger partial charge in [0.25, 0.3) is 11.5 Å². The van der Waals surface area contributed by atoms with Gasteiger partial charge in [0, 0.05) is 24.4 Å². The summed E-state index contributed by atoms with van der Waals surface area (Å²) in [6.07, 6.45) is 2.97. The molecule has 2 rings (SSSR count). The Morgan fingerprint density at radius 1 is 1.36 bits per heavy atom. The third-order valence-electron chi connectivity index (χ3n) is 3.27. The Balaban J connectivity index is 2.25. The number of carbonyl (C=O) groups excluding carboxylic acids is 1. The van der Waals surface area contributed by atoms with Gasteiger partial charge in [0.05, 0.1) is 0 Å². The van der Waals surface area contributed by atoms with Gasteiger partial charge in [-0.05, 0) is 32.4 Å². The van der Waals surface area contributed by atoms with Crippen LogP contribution in [0.15, 0.2) is 35.4 Å². The minimum atomic E-state index is -0.935. The van der Waals surface area contributed by atoms with Crippen molar-refractivity contribution < 1.29 is 14.7 Å². The number of nitrogens with one attached hydrogen (secondary N) is 1. The molecular formula is C15H17N3O4. The molecule has 0 spiro atoms. The summed E-state index contributed by atoms with van der Waals surface area (Å²) < 4.78 is 1.29. The van der Waals surface area contributed by atoms with Gasteiger partial charge >= 0.3 is 5.97 Å². The van der Waals surface area contributed by atoms with Crippen molar-refractivity contribution in [2.45, 2.75) is 32.2 Å². The number of nitrogens with zero attached hydrogens (tertiary/aromatic N) is 2. The van der Waals surface area contributed by atoms with Gasteiger partial charge in [0.1, 0.15) is 11.2 Å². The zero-order valence-electron chi connectivity index (χ0n) is 12.4. The molecule has 0 unspecified atom stereocenters. The third-order valence-corrected chi connectivity index (χ3v) is 3.27. The lowest BCUT2D eigenvalue weighted by Gasteiger charge is -2.25. The molecule has 0 saturated carbocycles. The van der Waals surface area contributed by atoms with Crippen LogP contribution in [0.5, 0.6) is 0 Å². The van der Waals surface area contributed by atoms with Gasteiger partial charge in [-0.1, -0.05) is 6.07 Å². The van der Waals surface area contributed by atoms with E-state index in [9.17, 15) is 14.4 Å². The number of carbonyl (C=O) groups is 2. The van der Waals surface area contributed by atoms with E-state index in [-0.39, 0.29) is 18.4 Å². The van der Waals surface area contributed by atoms with Gasteiger partial charge in [0.15, 0.2) is 0 Å². The van der Waals surface area contributed by atoms with Gasteiger partial charge in [0.2, 0.25) is 0 Å². The van der Waals surface area contributed by atoms with Crippen LogP contribution in [0, 0.1) is 0 Å². The van der Waals surface area contributed by atoms with E-state index in [1.165, 1.54) is 16.8 Å². The summed E-state index contributed by atoms with van der Waals surface area (Å²) in [6, 6.07) is 5.09. The first kappa shape index (κ1) is 15.7. The standard InChI is InChI=1S/C15H17N3O4/c1-15(2,7-6-12(19)20)17-13(21)10-9-16-11-5-3-4-8-18(11)14(10)22/h3-5,8-9H,6-7H2,1-2H3,(H,17,21)(H,19,20). The molecule has 0 radical (unpaired) electrons. The molecule has 0 aliphatic heterocycles. The van der Waals surface area contributed by atoms with Crippen LogP contribution in [-0.2, 0) is 4.79 Å². The maximum atomic E-state index is 12.3. The quantitative estimate of drug-likeness (QED) is 0.860. The Morgan fingerprint density at radius 3 is 2.77 bits per heavy atom. The van der Waals surface area contributed by atoms with Crippen molar-refractivity contribution in [1.29, 1.82) is 0 Å². The minimum Gasteiger partial charge on any atom is -0.481 e. The van der Waals surface area contributed by atoms with Crippen molar-refractivity contribution in [3.8, 4) is 0 Å². The Kier molecular flexibility index (Phi) is 4.25. The highest BCUT2D eigenvalue weighted by atomic mass is 16.4. The molecule has 2 aromatic rings. The largest absolute Gasteiger partial charge is 0.481 e. The van der Waals surface area contributed by atoms with Crippen LogP contribution in [0.1, 0.15) is 37.0 Å². The maximum absolute atomic E-state index is 12.3. The number of amides is 1. The van der Waals surface area contributed by atoms with Crippen molar-refractivity contribution in [1.82, 2.24) is 14.7 Å². The van der Waals surface area contributed by atoms with Crippen LogP contribution >= 0.6 is 0 Å². The van der Waals surface area contributed by atoms with E-state index in [0.29, 0.717) is 5.65 Å². The first-order valence-corrected chi connectivity index (χ1v) is 6.81. The second-order valence-electron chi connectivity index (χ2n) is 5.64. The first-order valence-electron chi connectivity index (χ1n) is 6.81. The van der Waals surface area contributed by atoms with Crippen molar-refractivity contribution in [2.75, 3.05) is 0 Å². The summed E-state index contributed by atoms with van der Waals surface area (Å²) in [4.78, 5) is 39.2. The number of carboxylic acids is 1. The summed E-state index contributed by atoms with van der Waals surface area (Å²) in [5.74, 6) is -1.50. The van der Waals surface area contributed by atoms with Crippen LogP contribution in [-0.4, -0.2) is 31.9 Å². The summed E-state index contributed by atoms with van der Waals surface area (Å²) in [5.41, 5.74) is -0.823. The fourth-order valence-electron chi connectivity index (χ4n) is 2.04. The molecule has 0 fully saturated rings. The van der Waals surface area contributed by atoms with E-state index < -0.39 is 23.0 Å². The van der Waals surface area contributed by atoms with Gasteiger partial charge in [-0.3, -0.25) is 18.8 Å². The Morgan fingerprint density at radius 2 is 2.09 bits per heavy atom. The molecule has 0 atom stereocenters. The third kappa shape index (κ3) is 3.49. The lowest BCUT2D eigenvalue weighted by atomic mass is 9.98. The molecule has 2 aromatic heterocycles. The lowest BCUT2D eigenvalue weighted by molar-refractivity contribution is -0.137. The van der Waals surface area contributed by atoms with E-state index in [4.69, 9.17) is 5.11 Å². The molecule has 0 aromatic carbocycles. The average Bonchev–Trinajstić information content (AvgIpc) is 2.45. The van der Waals surface area contributed by atoms with Gasteiger partial charge in [-0.15, -0.1) is 0 Å². The molecule has 2 N–H and O–H groups in total. The highest BCUT2D eigenvalue weighted by Crippen LogP contribution is 2.12. The Bertz CT molecular complexity index is 780. The summed E-state index contributed by atoms with van der Waals surface area (Å²) in [6.45, 7) is 3.42. The normalized spacial score (nSPS) is 11.4. The monoisotopic (exact) mass is 303 g/mol. The van der Waals surface area contributed by atoms with Crippen LogP contribution in [0.3, 0.4) is 0 Å². The summed E-state index contributed by atoms with van der Waals surface area (Å²) in [7, 11) is 0. The molecule has 7 heteroatoms. The smallest absolute Gasteiger partial charge is 0.303 e. The molecule has 0 aliphatic rings. The number of carboxylic acid groups (broad SMARTS) is 1. The number of pyridine rings is 1. The van der Waals surface area contributed by atoms with Gasteiger partial charge in [-0.2, -0.15) is 0 Å². The first-order chi connectivity index (χ1) is 10.3. The molecule has 0 aliphatic carbocycles. The lowest BCUT2D eigenvalue weighted by Crippen LogP contribution is -2.45. The van der Waals surface area contributed by atoms with Crippen LogP contribution in [0.4, 0.5) is 0 Å². The molecule has 0 bridgehead atoms. The topological polar surface area (TPSA) is 101 Å². The van der Waals surface area contributed by atoms with Crippen molar-refractivity contribution >= 4 is 17.5 Å². The fraction of sp³-hybridized carbons (Fsp3) is 0.333. The van der Waals surface area contributed by atoms with Crippen molar-refractivity contribution in [3.05, 3.63) is 46.5 Å². The Labute approximate surface area is 126 Å². The zero-order chi connectivity index (χ0) is 16.3. The average molecular weight is 303 g/mol.